The number of nitrogens with zero attached hydrogens (tertiary/aromatic N) is 3. The van der Waals surface area contributed by atoms with Gasteiger partial charge in [-0.3, -0.25) is 14.2 Å². The molecule has 2 heterocycles. The van der Waals surface area contributed by atoms with Crippen LogP contribution in [0.3, 0.4) is 0 Å². The summed E-state index contributed by atoms with van der Waals surface area (Å²) in [6.07, 6.45) is 0.870. The van der Waals surface area contributed by atoms with Gasteiger partial charge in [-0.05, 0) is 50.1 Å². The smallest absolute Gasteiger partial charge is 0.262 e. The fourth-order valence-electron chi connectivity index (χ4n) is 3.70. The van der Waals surface area contributed by atoms with Gasteiger partial charge < -0.3 is 4.90 Å². The first kappa shape index (κ1) is 19.2. The van der Waals surface area contributed by atoms with Crippen LogP contribution in [0, 0.1) is 0 Å². The second kappa shape index (κ2) is 7.72. The second-order valence-corrected chi connectivity index (χ2v) is 8.70. The number of rotatable bonds is 4. The first-order valence-electron chi connectivity index (χ1n) is 9.22. The van der Waals surface area contributed by atoms with Gasteiger partial charge in [0.2, 0.25) is 5.91 Å². The number of anilines is 1. The molecule has 4 rings (SSSR count). The van der Waals surface area contributed by atoms with E-state index < -0.39 is 0 Å². The molecule has 1 aromatic heterocycles. The first-order chi connectivity index (χ1) is 13.5. The van der Waals surface area contributed by atoms with Crippen LogP contribution in [-0.2, 0) is 17.8 Å². The number of benzene rings is 2. The van der Waals surface area contributed by atoms with Gasteiger partial charge in [-0.25, -0.2) is 4.98 Å². The largest absolute Gasteiger partial charge is 0.308 e. The van der Waals surface area contributed by atoms with Gasteiger partial charge in [-0.1, -0.05) is 45.9 Å². The van der Waals surface area contributed by atoms with Gasteiger partial charge in [0.15, 0.2) is 5.16 Å². The third-order valence-electron chi connectivity index (χ3n) is 5.00. The second-order valence-electron chi connectivity index (χ2n) is 6.84. The van der Waals surface area contributed by atoms with Gasteiger partial charge in [-0.2, -0.15) is 0 Å². The average molecular weight is 458 g/mol. The summed E-state index contributed by atoms with van der Waals surface area (Å²) in [4.78, 5) is 32.3. The molecule has 0 aliphatic carbocycles. The highest BCUT2D eigenvalue weighted by Crippen LogP contribution is 2.32. The van der Waals surface area contributed by atoms with E-state index in [4.69, 9.17) is 0 Å². The fraction of sp³-hybridized carbons (Fsp3) is 0.286. The molecule has 28 heavy (non-hydrogen) atoms. The van der Waals surface area contributed by atoms with Crippen molar-refractivity contribution in [2.75, 3.05) is 10.7 Å². The molecule has 1 aliphatic rings. The summed E-state index contributed by atoms with van der Waals surface area (Å²) in [6.45, 7) is 4.49. The van der Waals surface area contributed by atoms with E-state index in [1.807, 2.05) is 42.2 Å². The molecule has 1 amide bonds. The molecule has 0 N–H and O–H groups in total. The van der Waals surface area contributed by atoms with Crippen molar-refractivity contribution in [3.05, 3.63) is 62.9 Å². The third-order valence-corrected chi connectivity index (χ3v) is 6.45. The minimum absolute atomic E-state index is 0.0373. The highest BCUT2D eigenvalue weighted by molar-refractivity contribution is 9.10. The van der Waals surface area contributed by atoms with Crippen LogP contribution in [0.15, 0.2) is 56.9 Å². The molecule has 1 unspecified atom stereocenters. The highest BCUT2D eigenvalue weighted by atomic mass is 79.9. The van der Waals surface area contributed by atoms with Crippen LogP contribution in [0.1, 0.15) is 19.4 Å². The predicted molar refractivity (Wildman–Crippen MR) is 117 cm³/mol. The van der Waals surface area contributed by atoms with Crippen LogP contribution in [0.25, 0.3) is 10.9 Å². The van der Waals surface area contributed by atoms with Crippen molar-refractivity contribution in [3.63, 3.8) is 0 Å². The Kier molecular flexibility index (Phi) is 5.29. The summed E-state index contributed by atoms with van der Waals surface area (Å²) in [7, 11) is 0. The maximum atomic E-state index is 13.0. The molecule has 0 saturated heterocycles. The topological polar surface area (TPSA) is 55.2 Å². The molecule has 5 nitrogen and oxygen atoms in total. The lowest BCUT2D eigenvalue weighted by molar-refractivity contribution is -0.116. The number of thioether (sulfide) groups is 1. The van der Waals surface area contributed by atoms with Crippen LogP contribution in [0.5, 0.6) is 0 Å². The molecule has 1 atom stereocenters. The van der Waals surface area contributed by atoms with Crippen LogP contribution < -0.4 is 10.5 Å². The Labute approximate surface area is 175 Å². The molecule has 0 fully saturated rings. The number of halogens is 1. The summed E-state index contributed by atoms with van der Waals surface area (Å²) >= 11 is 4.73. The molecule has 0 bridgehead atoms. The van der Waals surface area contributed by atoms with Crippen molar-refractivity contribution < 1.29 is 4.79 Å². The minimum atomic E-state index is -0.0800. The number of carbonyl (C=O) groups is 1. The Morgan fingerprint density at radius 1 is 1.29 bits per heavy atom. The maximum Gasteiger partial charge on any atom is 0.262 e. The van der Waals surface area contributed by atoms with E-state index in [1.54, 1.807) is 10.6 Å². The first-order valence-corrected chi connectivity index (χ1v) is 11.0. The lowest BCUT2D eigenvalue weighted by Gasteiger charge is -2.22. The zero-order chi connectivity index (χ0) is 19.8. The summed E-state index contributed by atoms with van der Waals surface area (Å²) < 4.78 is 2.48. The summed E-state index contributed by atoms with van der Waals surface area (Å²) in [5.41, 5.74) is 2.76. The SMILES string of the molecule is CCn1c(SCC(=O)N2c3ccccc3CC2C)nc2ccc(Br)cc2c1=O. The Hall–Kier alpha value is -2.12. The van der Waals surface area contributed by atoms with Gasteiger partial charge >= 0.3 is 0 Å². The van der Waals surface area contributed by atoms with Crippen LogP contribution in [0.2, 0.25) is 0 Å². The van der Waals surface area contributed by atoms with Crippen molar-refractivity contribution in [1.82, 2.24) is 9.55 Å². The molecule has 0 spiro atoms. The highest BCUT2D eigenvalue weighted by Gasteiger charge is 2.30. The summed E-state index contributed by atoms with van der Waals surface area (Å²) in [6, 6.07) is 13.7. The number of fused-ring (bicyclic) bond motifs is 2. The van der Waals surface area contributed by atoms with E-state index in [2.05, 4.69) is 33.9 Å². The van der Waals surface area contributed by atoms with Crippen molar-refractivity contribution in [2.24, 2.45) is 0 Å². The Morgan fingerprint density at radius 2 is 2.07 bits per heavy atom. The van der Waals surface area contributed by atoms with E-state index in [0.717, 1.165) is 16.6 Å². The van der Waals surface area contributed by atoms with Crippen molar-refractivity contribution in [2.45, 2.75) is 38.0 Å². The number of amides is 1. The standard InChI is InChI=1S/C21H20BrN3O2S/c1-3-24-20(27)16-11-15(22)8-9-17(16)23-21(24)28-12-19(26)25-13(2)10-14-6-4-5-7-18(14)25/h4-9,11,13H,3,10,12H2,1-2H3. The van der Waals surface area contributed by atoms with Gasteiger partial charge in [0.1, 0.15) is 0 Å². The van der Waals surface area contributed by atoms with E-state index >= 15 is 0 Å². The summed E-state index contributed by atoms with van der Waals surface area (Å²) in [5.74, 6) is 0.280. The normalized spacial score (nSPS) is 15.8. The maximum absolute atomic E-state index is 13.0. The van der Waals surface area contributed by atoms with Gasteiger partial charge in [0.05, 0.1) is 16.7 Å². The number of para-hydroxylation sites is 1. The van der Waals surface area contributed by atoms with Crippen molar-refractivity contribution in [1.29, 1.82) is 0 Å². The van der Waals surface area contributed by atoms with Crippen LogP contribution in [0.4, 0.5) is 5.69 Å². The molecular formula is C21H20BrN3O2S. The molecule has 3 aromatic rings. The number of carbonyl (C=O) groups excluding carboxylic acids is 1. The van der Waals surface area contributed by atoms with Gasteiger partial charge in [0.25, 0.3) is 5.56 Å². The third kappa shape index (κ3) is 3.37. The lowest BCUT2D eigenvalue weighted by Crippen LogP contribution is -2.37. The number of hydrogen-bond donors (Lipinski definition) is 0. The van der Waals surface area contributed by atoms with E-state index in [-0.39, 0.29) is 23.3 Å². The predicted octanol–water partition coefficient (Wildman–Crippen LogP) is 4.25. The molecule has 144 valence electrons. The Balaban J connectivity index is 1.62. The van der Waals surface area contributed by atoms with Crippen LogP contribution >= 0.6 is 27.7 Å². The fourth-order valence-corrected chi connectivity index (χ4v) is 4.99. The summed E-state index contributed by atoms with van der Waals surface area (Å²) in [5, 5.41) is 1.16. The number of hydrogen-bond acceptors (Lipinski definition) is 4. The zero-order valence-corrected chi connectivity index (χ0v) is 18.1. The molecule has 0 saturated carbocycles. The Morgan fingerprint density at radius 3 is 2.86 bits per heavy atom. The quantitative estimate of drug-likeness (QED) is 0.434. The monoisotopic (exact) mass is 457 g/mol. The molecular weight excluding hydrogens is 438 g/mol. The minimum Gasteiger partial charge on any atom is -0.308 e. The van der Waals surface area contributed by atoms with E-state index in [1.165, 1.54) is 17.3 Å². The van der Waals surface area contributed by atoms with Crippen molar-refractivity contribution >= 4 is 50.2 Å². The van der Waals surface area contributed by atoms with Crippen LogP contribution in [-0.4, -0.2) is 27.3 Å². The van der Waals surface area contributed by atoms with E-state index in [0.29, 0.717) is 22.6 Å². The molecule has 1 aliphatic heterocycles. The van der Waals surface area contributed by atoms with E-state index in [9.17, 15) is 9.59 Å². The lowest BCUT2D eigenvalue weighted by atomic mass is 10.1. The van der Waals surface area contributed by atoms with Crippen molar-refractivity contribution in [3.8, 4) is 0 Å². The molecule has 2 aromatic carbocycles. The Bertz CT molecular complexity index is 1130. The zero-order valence-electron chi connectivity index (χ0n) is 15.7. The molecule has 0 radical (unpaired) electrons. The van der Waals surface area contributed by atoms with Gasteiger partial charge in [0, 0.05) is 22.7 Å². The number of aromatic nitrogens is 2. The molecule has 7 heteroatoms. The average Bonchev–Trinajstić information content (AvgIpc) is 3.02. The van der Waals surface area contributed by atoms with Gasteiger partial charge in [-0.15, -0.1) is 0 Å².